The van der Waals surface area contributed by atoms with Crippen LogP contribution in [0.5, 0.6) is 0 Å². The summed E-state index contributed by atoms with van der Waals surface area (Å²) in [5.41, 5.74) is 0. The molecule has 1 heterocycles. The lowest BCUT2D eigenvalue weighted by molar-refractivity contribution is -0.142. The Morgan fingerprint density at radius 2 is 1.93 bits per heavy atom. The molecule has 0 saturated carbocycles. The minimum absolute atomic E-state index is 0.0151. The van der Waals surface area contributed by atoms with Crippen molar-refractivity contribution in [3.8, 4) is 0 Å². The summed E-state index contributed by atoms with van der Waals surface area (Å²) in [4.78, 5) is 11.2. The molecule has 15 heavy (non-hydrogen) atoms. The van der Waals surface area contributed by atoms with E-state index in [1.54, 1.807) is 0 Å². The molecule has 0 radical (unpaired) electrons. The lowest BCUT2D eigenvalue weighted by Crippen LogP contribution is -2.14. The molecule has 0 aromatic rings. The molecule has 1 unspecified atom stereocenters. The first kappa shape index (κ1) is 12.2. The largest absolute Gasteiger partial charge is 0.460 e. The van der Waals surface area contributed by atoms with Gasteiger partial charge in [-0.3, -0.25) is 0 Å². The van der Waals surface area contributed by atoms with Crippen molar-refractivity contribution in [3.63, 3.8) is 0 Å². The minimum atomic E-state index is -0.507. The zero-order valence-corrected chi connectivity index (χ0v) is 9.32. The fourth-order valence-corrected chi connectivity index (χ4v) is 1.72. The second kappa shape index (κ2) is 6.62. The van der Waals surface area contributed by atoms with Gasteiger partial charge < -0.3 is 9.84 Å². The zero-order chi connectivity index (χ0) is 11.1. The molecule has 0 amide bonds. The van der Waals surface area contributed by atoms with Gasteiger partial charge in [0.1, 0.15) is 0 Å². The van der Waals surface area contributed by atoms with E-state index >= 15 is 0 Å². The molecule has 3 nitrogen and oxygen atoms in total. The third kappa shape index (κ3) is 5.57. The smallest absolute Gasteiger partial charge is 0.330 e. The van der Waals surface area contributed by atoms with Crippen molar-refractivity contribution in [2.24, 2.45) is 0 Å². The highest BCUT2D eigenvalue weighted by Crippen LogP contribution is 2.12. The van der Waals surface area contributed by atoms with E-state index in [9.17, 15) is 9.90 Å². The van der Waals surface area contributed by atoms with Crippen molar-refractivity contribution in [1.29, 1.82) is 0 Å². The van der Waals surface area contributed by atoms with Gasteiger partial charge in [-0.25, -0.2) is 4.79 Å². The first-order valence-corrected chi connectivity index (χ1v) is 5.75. The van der Waals surface area contributed by atoms with Crippen molar-refractivity contribution < 1.29 is 14.6 Å². The maximum absolute atomic E-state index is 11.2. The van der Waals surface area contributed by atoms with E-state index < -0.39 is 6.10 Å². The molecule has 1 N–H and O–H groups in total. The normalized spacial score (nSPS) is 32.3. The highest BCUT2D eigenvalue weighted by Gasteiger charge is 2.08. The molecule has 0 spiro atoms. The standard InChI is InChI=1S/C12H20O3/c1-10-6-4-2-3-5-7-11(13)8-9-12(14)15-10/h8-11,13H,2-7H2,1H3/b9-8+/t10?,11-/m0/s1. The number of hydrogen-bond donors (Lipinski definition) is 1. The Morgan fingerprint density at radius 1 is 1.27 bits per heavy atom. The fraction of sp³-hybridized carbons (Fsp3) is 0.750. The molecule has 0 aromatic carbocycles. The van der Waals surface area contributed by atoms with Gasteiger partial charge in [0.05, 0.1) is 12.2 Å². The lowest BCUT2D eigenvalue weighted by atomic mass is 10.1. The molecule has 2 atom stereocenters. The number of hydrogen-bond acceptors (Lipinski definition) is 3. The topological polar surface area (TPSA) is 46.5 Å². The molecule has 0 aliphatic carbocycles. The summed E-state index contributed by atoms with van der Waals surface area (Å²) in [6.07, 6.45) is 8.42. The quantitative estimate of drug-likeness (QED) is 0.626. The Labute approximate surface area is 91.1 Å². The Kier molecular flexibility index (Phi) is 5.40. The van der Waals surface area contributed by atoms with Crippen LogP contribution < -0.4 is 0 Å². The minimum Gasteiger partial charge on any atom is -0.460 e. The third-order valence-corrected chi connectivity index (χ3v) is 2.63. The summed E-state index contributed by atoms with van der Waals surface area (Å²) < 4.78 is 5.13. The van der Waals surface area contributed by atoms with Gasteiger partial charge in [-0.15, -0.1) is 0 Å². The van der Waals surface area contributed by atoms with E-state index in [2.05, 4.69) is 0 Å². The van der Waals surface area contributed by atoms with Gasteiger partial charge in [-0.05, 0) is 32.3 Å². The average molecular weight is 212 g/mol. The number of esters is 1. The third-order valence-electron chi connectivity index (χ3n) is 2.63. The predicted octanol–water partition coefficient (Wildman–Crippen LogP) is 2.19. The number of aliphatic hydroxyl groups excluding tert-OH is 1. The van der Waals surface area contributed by atoms with Gasteiger partial charge in [-0.2, -0.15) is 0 Å². The second-order valence-electron chi connectivity index (χ2n) is 4.17. The lowest BCUT2D eigenvalue weighted by Gasteiger charge is -2.13. The van der Waals surface area contributed by atoms with Crippen LogP contribution in [-0.2, 0) is 9.53 Å². The summed E-state index contributed by atoms with van der Waals surface area (Å²) in [7, 11) is 0. The Hall–Kier alpha value is -0.830. The summed E-state index contributed by atoms with van der Waals surface area (Å²) in [6.45, 7) is 1.91. The van der Waals surface area contributed by atoms with Crippen LogP contribution in [0.1, 0.15) is 45.4 Å². The van der Waals surface area contributed by atoms with Crippen LogP contribution >= 0.6 is 0 Å². The van der Waals surface area contributed by atoms with Crippen LogP contribution in [0.25, 0.3) is 0 Å². The molecule has 1 aliphatic heterocycles. The van der Waals surface area contributed by atoms with Crippen LogP contribution in [0.3, 0.4) is 0 Å². The van der Waals surface area contributed by atoms with E-state index in [-0.39, 0.29) is 12.1 Å². The average Bonchev–Trinajstić information content (AvgIpc) is 2.18. The Morgan fingerprint density at radius 3 is 2.67 bits per heavy atom. The van der Waals surface area contributed by atoms with E-state index in [0.29, 0.717) is 0 Å². The molecule has 86 valence electrons. The molecule has 1 rings (SSSR count). The molecular weight excluding hydrogens is 192 g/mol. The maximum atomic E-state index is 11.2. The van der Waals surface area contributed by atoms with Crippen molar-refractivity contribution in [3.05, 3.63) is 12.2 Å². The number of ether oxygens (including phenoxy) is 1. The van der Waals surface area contributed by atoms with Crippen molar-refractivity contribution >= 4 is 5.97 Å². The molecule has 1 aliphatic rings. The zero-order valence-electron chi connectivity index (χ0n) is 9.32. The monoisotopic (exact) mass is 212 g/mol. The molecule has 0 aromatic heterocycles. The SMILES string of the molecule is CC1CCCCCC[C@H](O)/C=C/C(=O)O1. The fourth-order valence-electron chi connectivity index (χ4n) is 1.72. The number of aliphatic hydroxyl groups is 1. The van der Waals surface area contributed by atoms with Crippen LogP contribution in [0, 0.1) is 0 Å². The number of carbonyl (C=O) groups is 1. The second-order valence-corrected chi connectivity index (χ2v) is 4.17. The van der Waals surface area contributed by atoms with Gasteiger partial charge in [-0.1, -0.05) is 19.3 Å². The van der Waals surface area contributed by atoms with Crippen LogP contribution in [-0.4, -0.2) is 23.3 Å². The van der Waals surface area contributed by atoms with Gasteiger partial charge in [0.2, 0.25) is 0 Å². The van der Waals surface area contributed by atoms with Crippen molar-refractivity contribution in [2.45, 2.75) is 57.7 Å². The Balaban J connectivity index is 2.48. The molecule has 0 bridgehead atoms. The van der Waals surface area contributed by atoms with Crippen molar-refractivity contribution in [1.82, 2.24) is 0 Å². The van der Waals surface area contributed by atoms with Gasteiger partial charge in [0.25, 0.3) is 0 Å². The summed E-state index contributed by atoms with van der Waals surface area (Å²) in [5, 5.41) is 9.48. The van der Waals surface area contributed by atoms with Crippen LogP contribution in [0.2, 0.25) is 0 Å². The summed E-state index contributed by atoms with van der Waals surface area (Å²) >= 11 is 0. The van der Waals surface area contributed by atoms with E-state index in [1.807, 2.05) is 6.92 Å². The highest BCUT2D eigenvalue weighted by atomic mass is 16.5. The first-order chi connectivity index (χ1) is 7.18. The molecule has 3 heteroatoms. The van der Waals surface area contributed by atoms with E-state index in [1.165, 1.54) is 12.2 Å². The summed E-state index contributed by atoms with van der Waals surface area (Å²) in [5.74, 6) is -0.345. The molecule has 0 fully saturated rings. The van der Waals surface area contributed by atoms with Gasteiger partial charge in [0.15, 0.2) is 0 Å². The summed E-state index contributed by atoms with van der Waals surface area (Å²) in [6, 6.07) is 0. The predicted molar refractivity (Wildman–Crippen MR) is 58.4 cm³/mol. The van der Waals surface area contributed by atoms with E-state index in [0.717, 1.165) is 38.5 Å². The van der Waals surface area contributed by atoms with E-state index in [4.69, 9.17) is 4.74 Å². The van der Waals surface area contributed by atoms with Crippen LogP contribution in [0.15, 0.2) is 12.2 Å². The van der Waals surface area contributed by atoms with Crippen molar-refractivity contribution in [2.75, 3.05) is 0 Å². The van der Waals surface area contributed by atoms with Gasteiger partial charge in [0, 0.05) is 6.08 Å². The molecular formula is C12H20O3. The number of rotatable bonds is 0. The Bertz CT molecular complexity index is 223. The maximum Gasteiger partial charge on any atom is 0.330 e. The molecule has 0 saturated heterocycles. The first-order valence-electron chi connectivity index (χ1n) is 5.75. The highest BCUT2D eigenvalue weighted by molar-refractivity contribution is 5.82. The number of cyclic esters (lactones) is 1. The number of carbonyl (C=O) groups excluding carboxylic acids is 1. The van der Waals surface area contributed by atoms with Gasteiger partial charge >= 0.3 is 5.97 Å². The van der Waals surface area contributed by atoms with Crippen LogP contribution in [0.4, 0.5) is 0 Å².